The van der Waals surface area contributed by atoms with Crippen molar-refractivity contribution in [1.82, 2.24) is 0 Å². The number of ether oxygens (including phenoxy) is 1. The summed E-state index contributed by atoms with van der Waals surface area (Å²) < 4.78 is 4.89. The van der Waals surface area contributed by atoms with Gasteiger partial charge >= 0.3 is 23.1 Å². The van der Waals surface area contributed by atoms with Gasteiger partial charge in [0, 0.05) is 5.75 Å². The van der Waals surface area contributed by atoms with E-state index in [0.717, 1.165) is 5.75 Å². The Hall–Kier alpha value is 0.556. The molecule has 56 valence electrons. The minimum absolute atomic E-state index is 0. The quantitative estimate of drug-likeness (QED) is 0.445. The molecule has 0 aliphatic carbocycles. The third-order valence-corrected chi connectivity index (χ3v) is 1.19. The van der Waals surface area contributed by atoms with Gasteiger partial charge in [-0.2, -0.15) is 12.1 Å². The van der Waals surface area contributed by atoms with Crippen LogP contribution in [0.1, 0.15) is 0 Å². The van der Waals surface area contributed by atoms with Crippen molar-refractivity contribution in [2.75, 3.05) is 7.11 Å². The molecule has 0 amide bonds. The van der Waals surface area contributed by atoms with Crippen molar-refractivity contribution in [3.63, 3.8) is 0 Å². The molecule has 0 N–H and O–H groups in total. The van der Waals surface area contributed by atoms with Gasteiger partial charge in [0.2, 0.25) is 0 Å². The molecule has 0 bridgehead atoms. The zero-order valence-corrected chi connectivity index (χ0v) is 9.86. The molecule has 4 heteroatoms. The topological polar surface area (TPSA) is 9.23 Å². The molecule has 1 rings (SSSR count). The zero-order chi connectivity index (χ0) is 6.69. The largest absolute Gasteiger partial charge is 2.00 e. The zero-order valence-electron chi connectivity index (χ0n) is 6.10. The summed E-state index contributed by atoms with van der Waals surface area (Å²) in [5.41, 5.74) is 0. The third kappa shape index (κ3) is 4.90. The molecule has 0 fully saturated rings. The molecule has 0 atom stereocenters. The first-order valence-corrected chi connectivity index (χ1v) is 2.92. The smallest absolute Gasteiger partial charge is 1.00 e. The van der Waals surface area contributed by atoms with Gasteiger partial charge in [-0.25, -0.2) is 0 Å². The predicted octanol–water partition coefficient (Wildman–Crippen LogP) is -1.23. The number of hydrogen-bond donors (Lipinski definition) is 0. The van der Waals surface area contributed by atoms with E-state index >= 15 is 0 Å². The minimum atomic E-state index is 0. The normalized spacial score (nSPS) is 7.45. The summed E-state index contributed by atoms with van der Waals surface area (Å²) in [6, 6.07) is 8.02. The van der Waals surface area contributed by atoms with Gasteiger partial charge in [-0.3, -0.25) is 0 Å². The van der Waals surface area contributed by atoms with Crippen LogP contribution in [0.25, 0.3) is 0 Å². The van der Waals surface area contributed by atoms with Crippen LogP contribution < -0.4 is 21.7 Å². The number of benzene rings is 1. The Morgan fingerprint density at radius 2 is 2.18 bits per heavy atom. The number of hydrogen-bond acceptors (Lipinski definition) is 1. The van der Waals surface area contributed by atoms with E-state index in [4.69, 9.17) is 16.3 Å². The molecule has 0 aliphatic heterocycles. The SMILES string of the molecule is COc1cc[c-]c(Cl)c1.[Br-].[Mg+2]. The predicted molar refractivity (Wildman–Crippen MR) is 42.6 cm³/mol. The standard InChI is InChI=1S/C7H6ClO.BrH.Mg/c1-9-7-4-2-3-6(8)5-7;;/h2,4-5H,1H3;1H;/q-1;;+2/p-1. The minimum Gasteiger partial charge on any atom is -1.00 e. The summed E-state index contributed by atoms with van der Waals surface area (Å²) in [5.74, 6) is 0.763. The monoisotopic (exact) mass is 244 g/mol. The average Bonchev–Trinajstić information content (AvgIpc) is 1.88. The van der Waals surface area contributed by atoms with Crippen LogP contribution in [0.15, 0.2) is 18.2 Å². The number of rotatable bonds is 1. The molecule has 1 aromatic carbocycles. The molecule has 0 heterocycles. The van der Waals surface area contributed by atoms with E-state index in [2.05, 4.69) is 6.07 Å². The Morgan fingerprint density at radius 3 is 2.55 bits per heavy atom. The fourth-order valence-electron chi connectivity index (χ4n) is 0.545. The summed E-state index contributed by atoms with van der Waals surface area (Å²) in [4.78, 5) is 0. The van der Waals surface area contributed by atoms with E-state index < -0.39 is 0 Å². The molecular formula is C7H6BrClMgO. The van der Waals surface area contributed by atoms with Crippen LogP contribution in [0.2, 0.25) is 5.02 Å². The molecule has 0 spiro atoms. The van der Waals surface area contributed by atoms with Crippen molar-refractivity contribution in [3.8, 4) is 5.75 Å². The molecule has 1 nitrogen and oxygen atoms in total. The van der Waals surface area contributed by atoms with Crippen molar-refractivity contribution < 1.29 is 21.7 Å². The summed E-state index contributed by atoms with van der Waals surface area (Å²) in [5, 5.41) is 0.578. The van der Waals surface area contributed by atoms with E-state index in [9.17, 15) is 0 Å². The van der Waals surface area contributed by atoms with Gasteiger partial charge in [0.05, 0.1) is 7.11 Å². The van der Waals surface area contributed by atoms with E-state index in [1.807, 2.05) is 0 Å². The van der Waals surface area contributed by atoms with Crippen molar-refractivity contribution in [3.05, 3.63) is 29.3 Å². The van der Waals surface area contributed by atoms with Gasteiger partial charge in [-0.1, -0.05) is 5.02 Å². The van der Waals surface area contributed by atoms with Crippen molar-refractivity contribution in [1.29, 1.82) is 0 Å². The van der Waals surface area contributed by atoms with Crippen LogP contribution in [-0.2, 0) is 0 Å². The first-order valence-electron chi connectivity index (χ1n) is 2.54. The Morgan fingerprint density at radius 1 is 1.55 bits per heavy atom. The molecule has 0 radical (unpaired) electrons. The second-order valence-electron chi connectivity index (χ2n) is 1.58. The van der Waals surface area contributed by atoms with Crippen molar-refractivity contribution >= 4 is 34.7 Å². The summed E-state index contributed by atoms with van der Waals surface area (Å²) in [6.07, 6.45) is 0. The van der Waals surface area contributed by atoms with E-state index in [1.165, 1.54) is 0 Å². The third-order valence-electron chi connectivity index (χ3n) is 0.974. The molecule has 0 saturated heterocycles. The summed E-state index contributed by atoms with van der Waals surface area (Å²) in [7, 11) is 1.60. The van der Waals surface area contributed by atoms with Crippen LogP contribution in [-0.4, -0.2) is 30.2 Å². The fourth-order valence-corrected chi connectivity index (χ4v) is 0.716. The van der Waals surface area contributed by atoms with Crippen molar-refractivity contribution in [2.24, 2.45) is 0 Å². The number of methoxy groups -OCH3 is 1. The molecule has 1 aromatic rings. The van der Waals surface area contributed by atoms with Crippen LogP contribution in [0, 0.1) is 6.07 Å². The van der Waals surface area contributed by atoms with Gasteiger partial charge in [0.25, 0.3) is 0 Å². The average molecular weight is 246 g/mol. The Bertz CT molecular complexity index is 207. The fraction of sp³-hybridized carbons (Fsp3) is 0.143. The van der Waals surface area contributed by atoms with Crippen LogP contribution in [0.4, 0.5) is 0 Å². The number of halogens is 2. The maximum Gasteiger partial charge on any atom is 2.00 e. The first kappa shape index (κ1) is 14.1. The van der Waals surface area contributed by atoms with Crippen LogP contribution >= 0.6 is 11.6 Å². The maximum atomic E-state index is 5.59. The Balaban J connectivity index is 0. The van der Waals surface area contributed by atoms with Gasteiger partial charge < -0.3 is 21.7 Å². The summed E-state index contributed by atoms with van der Waals surface area (Å²) >= 11 is 5.59. The second-order valence-corrected chi connectivity index (χ2v) is 1.98. The first-order chi connectivity index (χ1) is 4.33. The van der Waals surface area contributed by atoms with E-state index in [-0.39, 0.29) is 40.0 Å². The van der Waals surface area contributed by atoms with Gasteiger partial charge in [0.1, 0.15) is 0 Å². The van der Waals surface area contributed by atoms with E-state index in [0.29, 0.717) is 5.02 Å². The van der Waals surface area contributed by atoms with Gasteiger partial charge in [-0.05, 0) is 0 Å². The molecular weight excluding hydrogens is 240 g/mol. The Kier molecular flexibility index (Phi) is 9.25. The molecule has 0 aliphatic rings. The molecule has 11 heavy (non-hydrogen) atoms. The Labute approximate surface area is 98.0 Å². The van der Waals surface area contributed by atoms with Gasteiger partial charge in [0.15, 0.2) is 0 Å². The van der Waals surface area contributed by atoms with Crippen LogP contribution in [0.3, 0.4) is 0 Å². The van der Waals surface area contributed by atoms with Crippen molar-refractivity contribution in [2.45, 2.75) is 0 Å². The molecule has 0 aromatic heterocycles. The second kappa shape index (κ2) is 7.22. The maximum absolute atomic E-state index is 5.59. The van der Waals surface area contributed by atoms with E-state index in [1.54, 1.807) is 25.3 Å². The molecule has 0 unspecified atom stereocenters. The van der Waals surface area contributed by atoms with Gasteiger partial charge in [-0.15, -0.1) is 23.7 Å². The molecule has 0 saturated carbocycles. The summed E-state index contributed by atoms with van der Waals surface area (Å²) in [6.45, 7) is 0. The van der Waals surface area contributed by atoms with Crippen LogP contribution in [0.5, 0.6) is 5.75 Å².